The molecular weight excluding hydrogens is 178 g/mol. The van der Waals surface area contributed by atoms with Crippen LogP contribution in [0.1, 0.15) is 18.9 Å². The lowest BCUT2D eigenvalue weighted by molar-refractivity contribution is -0.124. The number of anilines is 1. The third-order valence-electron chi connectivity index (χ3n) is 1.74. The number of hydrogen-bond acceptors (Lipinski definition) is 2. The highest BCUT2D eigenvalue weighted by Crippen LogP contribution is 2.08. The van der Waals surface area contributed by atoms with Gasteiger partial charge in [0.25, 0.3) is 0 Å². The van der Waals surface area contributed by atoms with E-state index in [1.54, 1.807) is 0 Å². The molecule has 1 amide bonds. The Labute approximate surface area is 83.1 Å². The summed E-state index contributed by atoms with van der Waals surface area (Å²) in [5, 5.41) is 2.64. The van der Waals surface area contributed by atoms with Crippen molar-refractivity contribution in [3.63, 3.8) is 0 Å². The standard InChI is InChI=1S/C11H13NO2/c1-8-3-5-10(6-4-8)12-11(14)7-9(2)13/h3-6H,7H2,1-2H3,(H,12,14). The van der Waals surface area contributed by atoms with Gasteiger partial charge in [-0.1, -0.05) is 17.7 Å². The van der Waals surface area contributed by atoms with Crippen LogP contribution in [0, 0.1) is 6.92 Å². The SMILES string of the molecule is CC(=O)CC(=O)Nc1ccc(C)cc1. The summed E-state index contributed by atoms with van der Waals surface area (Å²) < 4.78 is 0. The Morgan fingerprint density at radius 3 is 2.29 bits per heavy atom. The third-order valence-corrected chi connectivity index (χ3v) is 1.74. The van der Waals surface area contributed by atoms with E-state index in [9.17, 15) is 9.59 Å². The van der Waals surface area contributed by atoms with E-state index in [0.717, 1.165) is 11.3 Å². The average Bonchev–Trinajstić information content (AvgIpc) is 2.07. The van der Waals surface area contributed by atoms with E-state index in [-0.39, 0.29) is 18.1 Å². The molecule has 0 aliphatic carbocycles. The third kappa shape index (κ3) is 3.39. The molecule has 3 heteroatoms. The van der Waals surface area contributed by atoms with Gasteiger partial charge < -0.3 is 5.32 Å². The number of ketones is 1. The van der Waals surface area contributed by atoms with Crippen molar-refractivity contribution in [3.05, 3.63) is 29.8 Å². The Morgan fingerprint density at radius 1 is 1.21 bits per heavy atom. The van der Waals surface area contributed by atoms with Gasteiger partial charge in [-0.15, -0.1) is 0 Å². The van der Waals surface area contributed by atoms with Gasteiger partial charge in [0.1, 0.15) is 5.78 Å². The molecule has 0 fully saturated rings. The predicted molar refractivity (Wildman–Crippen MR) is 55.1 cm³/mol. The zero-order valence-corrected chi connectivity index (χ0v) is 8.33. The summed E-state index contributed by atoms with van der Waals surface area (Å²) in [5.41, 5.74) is 1.86. The first-order valence-corrected chi connectivity index (χ1v) is 4.44. The number of hydrogen-bond donors (Lipinski definition) is 1. The molecule has 0 heterocycles. The van der Waals surface area contributed by atoms with Crippen molar-refractivity contribution < 1.29 is 9.59 Å². The van der Waals surface area contributed by atoms with Gasteiger partial charge in [-0.2, -0.15) is 0 Å². The van der Waals surface area contributed by atoms with Crippen LogP contribution in [-0.4, -0.2) is 11.7 Å². The van der Waals surface area contributed by atoms with Gasteiger partial charge in [0, 0.05) is 5.69 Å². The normalized spacial score (nSPS) is 9.57. The van der Waals surface area contributed by atoms with Crippen LogP contribution < -0.4 is 5.32 Å². The molecule has 0 aliphatic heterocycles. The Morgan fingerprint density at radius 2 is 1.79 bits per heavy atom. The second kappa shape index (κ2) is 4.56. The molecular formula is C11H13NO2. The quantitative estimate of drug-likeness (QED) is 0.742. The highest BCUT2D eigenvalue weighted by Gasteiger charge is 2.04. The topological polar surface area (TPSA) is 46.2 Å². The van der Waals surface area contributed by atoms with Gasteiger partial charge in [-0.3, -0.25) is 9.59 Å². The molecule has 0 unspecified atom stereocenters. The fourth-order valence-corrected chi connectivity index (χ4v) is 1.07. The van der Waals surface area contributed by atoms with E-state index >= 15 is 0 Å². The minimum absolute atomic E-state index is 0.0616. The molecule has 1 N–H and O–H groups in total. The molecule has 0 aromatic heterocycles. The number of Topliss-reactive ketones (excluding diaryl/α,β-unsaturated/α-hetero) is 1. The molecule has 0 saturated heterocycles. The Balaban J connectivity index is 2.56. The fraction of sp³-hybridized carbons (Fsp3) is 0.273. The maximum atomic E-state index is 11.2. The van der Waals surface area contributed by atoms with Crippen LogP contribution >= 0.6 is 0 Å². The largest absolute Gasteiger partial charge is 0.326 e. The second-order valence-corrected chi connectivity index (χ2v) is 3.29. The first-order chi connectivity index (χ1) is 6.58. The summed E-state index contributed by atoms with van der Waals surface area (Å²) >= 11 is 0. The highest BCUT2D eigenvalue weighted by molar-refractivity contribution is 6.03. The lowest BCUT2D eigenvalue weighted by Crippen LogP contribution is -2.14. The van der Waals surface area contributed by atoms with Crippen molar-refractivity contribution in [2.24, 2.45) is 0 Å². The molecule has 0 aliphatic rings. The summed E-state index contributed by atoms with van der Waals surface area (Å²) in [5.74, 6) is -0.393. The molecule has 74 valence electrons. The highest BCUT2D eigenvalue weighted by atomic mass is 16.2. The van der Waals surface area contributed by atoms with Crippen LogP contribution in [-0.2, 0) is 9.59 Å². The van der Waals surface area contributed by atoms with E-state index in [1.807, 2.05) is 31.2 Å². The molecule has 1 rings (SSSR count). The predicted octanol–water partition coefficient (Wildman–Crippen LogP) is 1.91. The van der Waals surface area contributed by atoms with Crippen molar-refractivity contribution in [2.75, 3.05) is 5.32 Å². The molecule has 0 radical (unpaired) electrons. The lowest BCUT2D eigenvalue weighted by atomic mass is 10.2. The zero-order valence-electron chi connectivity index (χ0n) is 8.33. The summed E-state index contributed by atoms with van der Waals surface area (Å²) in [6.45, 7) is 3.37. The number of aryl methyl sites for hydroxylation is 1. The van der Waals surface area contributed by atoms with Gasteiger partial charge in [0.2, 0.25) is 5.91 Å². The minimum atomic E-state index is -0.263. The summed E-state index contributed by atoms with van der Waals surface area (Å²) in [6.07, 6.45) is -0.0616. The number of nitrogens with one attached hydrogen (secondary N) is 1. The minimum Gasteiger partial charge on any atom is -0.326 e. The second-order valence-electron chi connectivity index (χ2n) is 3.29. The molecule has 0 saturated carbocycles. The van der Waals surface area contributed by atoms with E-state index in [1.165, 1.54) is 6.92 Å². The molecule has 1 aromatic carbocycles. The number of carbonyl (C=O) groups is 2. The van der Waals surface area contributed by atoms with Crippen molar-refractivity contribution in [3.8, 4) is 0 Å². The van der Waals surface area contributed by atoms with Gasteiger partial charge in [0.05, 0.1) is 6.42 Å². The zero-order chi connectivity index (χ0) is 10.6. The molecule has 0 bridgehead atoms. The van der Waals surface area contributed by atoms with Gasteiger partial charge in [-0.05, 0) is 26.0 Å². The van der Waals surface area contributed by atoms with Gasteiger partial charge in [-0.25, -0.2) is 0 Å². The summed E-state index contributed by atoms with van der Waals surface area (Å²) in [7, 11) is 0. The van der Waals surface area contributed by atoms with Crippen LogP contribution in [0.15, 0.2) is 24.3 Å². The maximum absolute atomic E-state index is 11.2. The monoisotopic (exact) mass is 191 g/mol. The summed E-state index contributed by atoms with van der Waals surface area (Å²) in [4.78, 5) is 21.8. The van der Waals surface area contributed by atoms with Crippen LogP contribution in [0.5, 0.6) is 0 Å². The number of amides is 1. The van der Waals surface area contributed by atoms with E-state index in [2.05, 4.69) is 5.32 Å². The average molecular weight is 191 g/mol. The number of carbonyl (C=O) groups excluding carboxylic acids is 2. The van der Waals surface area contributed by atoms with Crippen LogP contribution in [0.25, 0.3) is 0 Å². The van der Waals surface area contributed by atoms with E-state index in [4.69, 9.17) is 0 Å². The summed E-state index contributed by atoms with van der Waals surface area (Å²) in [6, 6.07) is 7.44. The fourth-order valence-electron chi connectivity index (χ4n) is 1.07. The van der Waals surface area contributed by atoms with Crippen LogP contribution in [0.4, 0.5) is 5.69 Å². The van der Waals surface area contributed by atoms with Gasteiger partial charge in [0.15, 0.2) is 0 Å². The van der Waals surface area contributed by atoms with Gasteiger partial charge >= 0.3 is 0 Å². The van der Waals surface area contributed by atoms with Crippen molar-refractivity contribution >= 4 is 17.4 Å². The molecule has 14 heavy (non-hydrogen) atoms. The smallest absolute Gasteiger partial charge is 0.231 e. The van der Waals surface area contributed by atoms with E-state index < -0.39 is 0 Å². The molecule has 3 nitrogen and oxygen atoms in total. The first kappa shape index (κ1) is 10.4. The van der Waals surface area contributed by atoms with Crippen LogP contribution in [0.3, 0.4) is 0 Å². The van der Waals surface area contributed by atoms with E-state index in [0.29, 0.717) is 0 Å². The first-order valence-electron chi connectivity index (χ1n) is 4.44. The van der Waals surface area contributed by atoms with Crippen molar-refractivity contribution in [1.82, 2.24) is 0 Å². The Hall–Kier alpha value is -1.64. The molecule has 1 aromatic rings. The Bertz CT molecular complexity index is 341. The number of rotatable bonds is 3. The number of benzene rings is 1. The maximum Gasteiger partial charge on any atom is 0.231 e. The molecule has 0 atom stereocenters. The van der Waals surface area contributed by atoms with Crippen molar-refractivity contribution in [2.45, 2.75) is 20.3 Å². The van der Waals surface area contributed by atoms with Crippen LogP contribution in [0.2, 0.25) is 0 Å². The Kier molecular flexibility index (Phi) is 3.40. The van der Waals surface area contributed by atoms with Crippen molar-refractivity contribution in [1.29, 1.82) is 0 Å². The lowest BCUT2D eigenvalue weighted by Gasteiger charge is -2.03. The molecule has 0 spiro atoms.